The fourth-order valence-corrected chi connectivity index (χ4v) is 3.58. The molecule has 0 aromatic heterocycles. The molecule has 0 saturated carbocycles. The normalized spacial score (nSPS) is 12.0. The predicted octanol–water partition coefficient (Wildman–Crippen LogP) is 2.48. The van der Waals surface area contributed by atoms with Gasteiger partial charge in [-0.1, -0.05) is 26.7 Å². The first kappa shape index (κ1) is 44.5. The summed E-state index contributed by atoms with van der Waals surface area (Å²) >= 11 is 0. The molecule has 0 heterocycles. The monoisotopic (exact) mass is 670 g/mol. The van der Waals surface area contributed by atoms with Crippen molar-refractivity contribution in [2.24, 2.45) is 5.92 Å². The van der Waals surface area contributed by atoms with E-state index in [2.05, 4.69) is 6.92 Å². The van der Waals surface area contributed by atoms with Crippen LogP contribution in [0.25, 0.3) is 0 Å². The summed E-state index contributed by atoms with van der Waals surface area (Å²) in [6, 6.07) is 0. The van der Waals surface area contributed by atoms with Gasteiger partial charge in [-0.15, -0.1) is 0 Å². The van der Waals surface area contributed by atoms with Crippen LogP contribution in [0, 0.1) is 5.92 Å². The van der Waals surface area contributed by atoms with E-state index in [1.807, 2.05) is 6.92 Å². The highest BCUT2D eigenvalue weighted by Gasteiger charge is 2.16. The number of hydrogen-bond acceptors (Lipinski definition) is 14. The summed E-state index contributed by atoms with van der Waals surface area (Å²) in [6.07, 6.45) is 3.82. The fraction of sp³-hybridized carbons (Fsp3) is 0.938. The maximum absolute atomic E-state index is 12.0. The minimum atomic E-state index is -0.313. The second kappa shape index (κ2) is 38.0. The van der Waals surface area contributed by atoms with Gasteiger partial charge in [-0.05, 0) is 12.8 Å². The van der Waals surface area contributed by atoms with E-state index in [-0.39, 0.29) is 31.1 Å². The van der Waals surface area contributed by atoms with E-state index in [9.17, 15) is 9.59 Å². The summed E-state index contributed by atoms with van der Waals surface area (Å²) in [5.41, 5.74) is 0. The molecule has 0 fully saturated rings. The predicted molar refractivity (Wildman–Crippen MR) is 169 cm³/mol. The molecule has 0 bridgehead atoms. The molecule has 1 atom stereocenters. The van der Waals surface area contributed by atoms with Crippen molar-refractivity contribution in [2.75, 3.05) is 145 Å². The molecule has 0 rings (SSSR count). The standard InChI is InChI=1S/C32H62O14/c1-4-6-7-31(5-2)32(34)46-29-27-44-25-23-42-21-19-40-17-15-38-13-11-36-9-8-35-10-12-37-14-16-39-18-20-41-22-24-43-26-28-45-30(3)33/h31H,4-29H2,1-3H3. The van der Waals surface area contributed by atoms with Gasteiger partial charge >= 0.3 is 11.9 Å². The summed E-state index contributed by atoms with van der Waals surface area (Å²) in [7, 11) is 0. The average molecular weight is 671 g/mol. The minimum absolute atomic E-state index is 0.00630. The van der Waals surface area contributed by atoms with Crippen LogP contribution in [0.3, 0.4) is 0 Å². The molecule has 46 heavy (non-hydrogen) atoms. The van der Waals surface area contributed by atoms with Crippen molar-refractivity contribution in [3.05, 3.63) is 0 Å². The van der Waals surface area contributed by atoms with Gasteiger partial charge in [-0.2, -0.15) is 0 Å². The molecule has 1 unspecified atom stereocenters. The molecule has 14 nitrogen and oxygen atoms in total. The zero-order chi connectivity index (χ0) is 33.6. The first-order chi connectivity index (χ1) is 22.6. The minimum Gasteiger partial charge on any atom is -0.463 e. The van der Waals surface area contributed by atoms with Crippen molar-refractivity contribution in [2.45, 2.75) is 46.5 Å². The van der Waals surface area contributed by atoms with Gasteiger partial charge in [0.25, 0.3) is 0 Å². The molecule has 0 aromatic rings. The van der Waals surface area contributed by atoms with Crippen molar-refractivity contribution in [1.82, 2.24) is 0 Å². The number of unbranched alkanes of at least 4 members (excludes halogenated alkanes) is 1. The van der Waals surface area contributed by atoms with Crippen molar-refractivity contribution in [3.63, 3.8) is 0 Å². The molecule has 0 radical (unpaired) electrons. The van der Waals surface area contributed by atoms with Crippen LogP contribution in [-0.2, 0) is 66.4 Å². The molecular formula is C32H62O14. The Morgan fingerprint density at radius 2 is 0.674 bits per heavy atom. The van der Waals surface area contributed by atoms with E-state index in [0.717, 1.165) is 25.7 Å². The van der Waals surface area contributed by atoms with Crippen molar-refractivity contribution in [3.8, 4) is 0 Å². The van der Waals surface area contributed by atoms with Gasteiger partial charge < -0.3 is 56.8 Å². The molecule has 0 spiro atoms. The fourth-order valence-electron chi connectivity index (χ4n) is 3.58. The van der Waals surface area contributed by atoms with Crippen molar-refractivity contribution >= 4 is 11.9 Å². The van der Waals surface area contributed by atoms with Gasteiger partial charge in [0.2, 0.25) is 0 Å². The Morgan fingerprint density at radius 1 is 0.413 bits per heavy atom. The molecule has 0 aromatic carbocycles. The lowest BCUT2D eigenvalue weighted by Gasteiger charge is -2.13. The second-order valence-corrected chi connectivity index (χ2v) is 9.88. The van der Waals surface area contributed by atoms with E-state index in [1.54, 1.807) is 0 Å². The molecule has 0 aliphatic rings. The highest BCUT2D eigenvalue weighted by molar-refractivity contribution is 5.72. The van der Waals surface area contributed by atoms with E-state index >= 15 is 0 Å². The quantitative estimate of drug-likeness (QED) is 0.0700. The largest absolute Gasteiger partial charge is 0.463 e. The van der Waals surface area contributed by atoms with Gasteiger partial charge in [0, 0.05) is 6.92 Å². The van der Waals surface area contributed by atoms with Crippen LogP contribution >= 0.6 is 0 Å². The van der Waals surface area contributed by atoms with E-state index < -0.39 is 0 Å². The lowest BCUT2D eigenvalue weighted by atomic mass is 10.00. The van der Waals surface area contributed by atoms with Crippen molar-refractivity contribution < 1.29 is 66.4 Å². The van der Waals surface area contributed by atoms with E-state index in [1.165, 1.54) is 6.92 Å². The topological polar surface area (TPSA) is 145 Å². The Bertz CT molecular complexity index is 640. The number of ether oxygens (including phenoxy) is 12. The van der Waals surface area contributed by atoms with Crippen molar-refractivity contribution in [1.29, 1.82) is 0 Å². The second-order valence-electron chi connectivity index (χ2n) is 9.88. The Balaban J connectivity index is 3.14. The van der Waals surface area contributed by atoms with Gasteiger partial charge in [0.05, 0.1) is 138 Å². The van der Waals surface area contributed by atoms with E-state index in [4.69, 9.17) is 56.8 Å². The molecule has 0 aliphatic heterocycles. The van der Waals surface area contributed by atoms with Gasteiger partial charge in [0.1, 0.15) is 13.2 Å². The third-order valence-electron chi connectivity index (χ3n) is 6.09. The molecule has 14 heteroatoms. The van der Waals surface area contributed by atoms with Gasteiger partial charge in [0.15, 0.2) is 0 Å². The van der Waals surface area contributed by atoms with Crippen LogP contribution in [0.15, 0.2) is 0 Å². The molecular weight excluding hydrogens is 608 g/mol. The zero-order valence-corrected chi connectivity index (χ0v) is 28.7. The number of carbonyl (C=O) groups is 2. The summed E-state index contributed by atoms with van der Waals surface area (Å²) in [5, 5.41) is 0. The Morgan fingerprint density at radius 3 is 0.913 bits per heavy atom. The number of hydrogen-bond donors (Lipinski definition) is 0. The first-order valence-corrected chi connectivity index (χ1v) is 16.7. The van der Waals surface area contributed by atoms with E-state index in [0.29, 0.717) is 132 Å². The Hall–Kier alpha value is -1.46. The Labute approximate surface area is 276 Å². The van der Waals surface area contributed by atoms with Crippen LogP contribution in [0.4, 0.5) is 0 Å². The highest BCUT2D eigenvalue weighted by Crippen LogP contribution is 2.14. The average Bonchev–Trinajstić information content (AvgIpc) is 3.05. The van der Waals surface area contributed by atoms with Crippen LogP contribution in [-0.4, -0.2) is 157 Å². The third kappa shape index (κ3) is 35.4. The third-order valence-corrected chi connectivity index (χ3v) is 6.09. The molecule has 0 amide bonds. The Kier molecular flexibility index (Phi) is 36.8. The van der Waals surface area contributed by atoms with Gasteiger partial charge in [-0.25, -0.2) is 0 Å². The number of carbonyl (C=O) groups excluding carboxylic acids is 2. The first-order valence-electron chi connectivity index (χ1n) is 16.7. The smallest absolute Gasteiger partial charge is 0.308 e. The summed E-state index contributed by atoms with van der Waals surface area (Å²) < 4.78 is 64.3. The SMILES string of the molecule is CCCCC(CC)C(=O)OCCOCCOCCOCCOCCOCCOCCOCCOCCOCCOCCOC(C)=O. The van der Waals surface area contributed by atoms with Crippen LogP contribution in [0.2, 0.25) is 0 Å². The van der Waals surface area contributed by atoms with Crippen LogP contribution in [0.5, 0.6) is 0 Å². The zero-order valence-electron chi connectivity index (χ0n) is 28.7. The molecule has 0 aliphatic carbocycles. The lowest BCUT2D eigenvalue weighted by molar-refractivity contribution is -0.150. The lowest BCUT2D eigenvalue weighted by Crippen LogP contribution is -2.20. The maximum atomic E-state index is 12.0. The summed E-state index contributed by atoms with van der Waals surface area (Å²) in [5.74, 6) is -0.443. The number of esters is 2. The summed E-state index contributed by atoms with van der Waals surface area (Å²) in [6.45, 7) is 15.4. The van der Waals surface area contributed by atoms with Gasteiger partial charge in [-0.3, -0.25) is 9.59 Å². The highest BCUT2D eigenvalue weighted by atomic mass is 16.6. The molecule has 0 saturated heterocycles. The number of rotatable bonds is 38. The summed E-state index contributed by atoms with van der Waals surface area (Å²) in [4.78, 5) is 22.6. The molecule has 274 valence electrons. The molecule has 0 N–H and O–H groups in total. The van der Waals surface area contributed by atoms with Crippen LogP contribution in [0.1, 0.15) is 46.5 Å². The maximum Gasteiger partial charge on any atom is 0.308 e. The van der Waals surface area contributed by atoms with Crippen LogP contribution < -0.4 is 0 Å².